The number of thiophene rings is 1. The lowest BCUT2D eigenvalue weighted by Crippen LogP contribution is -2.28. The average Bonchev–Trinajstić information content (AvgIpc) is 3.32. The molecule has 0 bridgehead atoms. The molecule has 0 atom stereocenters. The van der Waals surface area contributed by atoms with Crippen LogP contribution in [0, 0.1) is 18.8 Å². The predicted octanol–water partition coefficient (Wildman–Crippen LogP) is 4.18. The van der Waals surface area contributed by atoms with Gasteiger partial charge in [0.25, 0.3) is 0 Å². The van der Waals surface area contributed by atoms with Crippen molar-refractivity contribution in [3.8, 4) is 0 Å². The highest BCUT2D eigenvalue weighted by Crippen LogP contribution is 2.35. The van der Waals surface area contributed by atoms with Crippen LogP contribution in [0.1, 0.15) is 54.8 Å². The Bertz CT molecular complexity index is 444. The van der Waals surface area contributed by atoms with Crippen molar-refractivity contribution in [2.24, 2.45) is 11.8 Å². The van der Waals surface area contributed by atoms with E-state index in [1.54, 1.807) is 5.56 Å². The molecule has 1 aromatic rings. The van der Waals surface area contributed by atoms with Crippen molar-refractivity contribution in [3.63, 3.8) is 0 Å². The lowest BCUT2D eigenvalue weighted by molar-refractivity contribution is 0.244. The molecule has 0 aromatic carbocycles. The number of hydrogen-bond acceptors (Lipinski definition) is 3. The average molecular weight is 307 g/mol. The zero-order valence-corrected chi connectivity index (χ0v) is 14.6. The highest BCUT2D eigenvalue weighted by molar-refractivity contribution is 7.12. The molecular formula is C18H30N2S. The first kappa shape index (κ1) is 15.5. The van der Waals surface area contributed by atoms with Crippen molar-refractivity contribution >= 4 is 11.3 Å². The van der Waals surface area contributed by atoms with E-state index in [2.05, 4.69) is 37.1 Å². The van der Waals surface area contributed by atoms with Gasteiger partial charge in [-0.25, -0.2) is 0 Å². The van der Waals surface area contributed by atoms with Gasteiger partial charge in [-0.05, 0) is 56.1 Å². The van der Waals surface area contributed by atoms with Gasteiger partial charge in [0, 0.05) is 42.0 Å². The van der Waals surface area contributed by atoms with E-state index in [1.807, 2.05) is 11.3 Å². The second kappa shape index (κ2) is 6.80. The smallest absolute Gasteiger partial charge is 0.0302 e. The molecule has 0 radical (unpaired) electrons. The summed E-state index contributed by atoms with van der Waals surface area (Å²) in [6, 6.07) is 3.01. The molecule has 2 aliphatic rings. The summed E-state index contributed by atoms with van der Waals surface area (Å²) in [7, 11) is 0. The number of nitrogens with zero attached hydrogens (tertiary/aromatic N) is 1. The molecule has 0 amide bonds. The van der Waals surface area contributed by atoms with Crippen molar-refractivity contribution in [2.45, 2.75) is 65.6 Å². The third-order valence-corrected chi connectivity index (χ3v) is 5.67. The summed E-state index contributed by atoms with van der Waals surface area (Å²) in [5.74, 6) is 2.01. The Morgan fingerprint density at radius 1 is 1.19 bits per heavy atom. The summed E-state index contributed by atoms with van der Waals surface area (Å²) in [5.41, 5.74) is 1.57. The number of aryl methyl sites for hydroxylation is 1. The van der Waals surface area contributed by atoms with Crippen LogP contribution in [-0.4, -0.2) is 24.0 Å². The molecule has 3 rings (SSSR count). The molecule has 2 aliphatic carbocycles. The summed E-state index contributed by atoms with van der Waals surface area (Å²) < 4.78 is 0. The van der Waals surface area contributed by atoms with Crippen LogP contribution >= 0.6 is 11.3 Å². The first-order chi connectivity index (χ1) is 10.1. The second-order valence-corrected chi connectivity index (χ2v) is 8.75. The maximum absolute atomic E-state index is 3.54. The van der Waals surface area contributed by atoms with Crippen LogP contribution in [0.2, 0.25) is 0 Å². The first-order valence-electron chi connectivity index (χ1n) is 8.64. The standard InChI is InChI=1S/C18H30N2S/c1-13(2)19-9-18-8-17(14(3)21-18)12-20(10-15-4-5-15)11-16-6-7-16/h8,13,15-16,19H,4-7,9-12H2,1-3H3. The highest BCUT2D eigenvalue weighted by Gasteiger charge is 2.29. The highest BCUT2D eigenvalue weighted by atomic mass is 32.1. The van der Waals surface area contributed by atoms with E-state index in [0.29, 0.717) is 6.04 Å². The minimum Gasteiger partial charge on any atom is -0.310 e. The van der Waals surface area contributed by atoms with Crippen molar-refractivity contribution in [1.29, 1.82) is 0 Å². The fourth-order valence-electron chi connectivity index (χ4n) is 2.91. The Labute approximate surface area is 133 Å². The molecule has 0 aliphatic heterocycles. The van der Waals surface area contributed by atoms with E-state index in [9.17, 15) is 0 Å². The minimum absolute atomic E-state index is 0.567. The van der Waals surface area contributed by atoms with Crippen LogP contribution in [0.15, 0.2) is 6.07 Å². The van der Waals surface area contributed by atoms with E-state index < -0.39 is 0 Å². The summed E-state index contributed by atoms with van der Waals surface area (Å²) >= 11 is 1.98. The molecule has 1 heterocycles. The first-order valence-corrected chi connectivity index (χ1v) is 9.45. The van der Waals surface area contributed by atoms with Gasteiger partial charge < -0.3 is 5.32 Å². The molecule has 1 N–H and O–H groups in total. The van der Waals surface area contributed by atoms with Crippen LogP contribution in [-0.2, 0) is 13.1 Å². The van der Waals surface area contributed by atoms with Crippen LogP contribution < -0.4 is 5.32 Å². The Morgan fingerprint density at radius 3 is 2.33 bits per heavy atom. The molecule has 3 heteroatoms. The SMILES string of the molecule is Cc1sc(CNC(C)C)cc1CN(CC1CC1)CC1CC1. The van der Waals surface area contributed by atoms with Crippen LogP contribution in [0.5, 0.6) is 0 Å². The Balaban J connectivity index is 1.57. The van der Waals surface area contributed by atoms with Gasteiger partial charge in [0.05, 0.1) is 0 Å². The van der Waals surface area contributed by atoms with Crippen LogP contribution in [0.4, 0.5) is 0 Å². The summed E-state index contributed by atoms with van der Waals surface area (Å²) in [6.45, 7) is 11.6. The Kier molecular flexibility index (Phi) is 5.03. The summed E-state index contributed by atoms with van der Waals surface area (Å²) in [5, 5.41) is 3.54. The lowest BCUT2D eigenvalue weighted by atomic mass is 10.2. The maximum atomic E-state index is 3.54. The second-order valence-electron chi connectivity index (χ2n) is 7.41. The predicted molar refractivity (Wildman–Crippen MR) is 91.8 cm³/mol. The maximum Gasteiger partial charge on any atom is 0.0302 e. The van der Waals surface area contributed by atoms with Gasteiger partial charge in [-0.3, -0.25) is 4.90 Å². The van der Waals surface area contributed by atoms with Crippen molar-refractivity contribution in [2.75, 3.05) is 13.1 Å². The van der Waals surface area contributed by atoms with Gasteiger partial charge in [0.2, 0.25) is 0 Å². The molecule has 1 aromatic heterocycles. The molecule has 21 heavy (non-hydrogen) atoms. The van der Waals surface area contributed by atoms with E-state index >= 15 is 0 Å². The number of rotatable bonds is 9. The summed E-state index contributed by atoms with van der Waals surface area (Å²) in [4.78, 5) is 5.76. The van der Waals surface area contributed by atoms with E-state index in [4.69, 9.17) is 0 Å². The van der Waals surface area contributed by atoms with E-state index in [-0.39, 0.29) is 0 Å². The molecule has 118 valence electrons. The van der Waals surface area contributed by atoms with Crippen molar-refractivity contribution in [1.82, 2.24) is 10.2 Å². The molecule has 0 spiro atoms. The fourth-order valence-corrected chi connectivity index (χ4v) is 3.92. The lowest BCUT2D eigenvalue weighted by Gasteiger charge is -2.22. The normalized spacial score (nSPS) is 18.9. The minimum atomic E-state index is 0.567. The zero-order chi connectivity index (χ0) is 14.8. The Hall–Kier alpha value is -0.380. The zero-order valence-electron chi connectivity index (χ0n) is 13.8. The number of hydrogen-bond donors (Lipinski definition) is 1. The molecular weight excluding hydrogens is 276 g/mol. The van der Waals surface area contributed by atoms with E-state index in [1.165, 1.54) is 55.1 Å². The topological polar surface area (TPSA) is 15.3 Å². The third kappa shape index (κ3) is 5.08. The quantitative estimate of drug-likeness (QED) is 0.736. The van der Waals surface area contributed by atoms with Gasteiger partial charge in [-0.1, -0.05) is 13.8 Å². The monoisotopic (exact) mass is 306 g/mol. The largest absolute Gasteiger partial charge is 0.310 e. The number of nitrogens with one attached hydrogen (secondary N) is 1. The van der Waals surface area contributed by atoms with Gasteiger partial charge in [-0.2, -0.15) is 0 Å². The van der Waals surface area contributed by atoms with Crippen molar-refractivity contribution < 1.29 is 0 Å². The van der Waals surface area contributed by atoms with Crippen molar-refractivity contribution in [3.05, 3.63) is 21.4 Å². The molecule has 2 nitrogen and oxygen atoms in total. The van der Waals surface area contributed by atoms with E-state index in [0.717, 1.165) is 18.4 Å². The summed E-state index contributed by atoms with van der Waals surface area (Å²) in [6.07, 6.45) is 5.86. The third-order valence-electron chi connectivity index (χ3n) is 4.58. The van der Waals surface area contributed by atoms with Gasteiger partial charge in [0.1, 0.15) is 0 Å². The van der Waals surface area contributed by atoms with Crippen LogP contribution in [0.3, 0.4) is 0 Å². The van der Waals surface area contributed by atoms with Gasteiger partial charge in [0.15, 0.2) is 0 Å². The fraction of sp³-hybridized carbons (Fsp3) is 0.778. The van der Waals surface area contributed by atoms with Gasteiger partial charge in [-0.15, -0.1) is 11.3 Å². The van der Waals surface area contributed by atoms with Crippen LogP contribution in [0.25, 0.3) is 0 Å². The molecule has 2 saturated carbocycles. The molecule has 0 saturated heterocycles. The molecule has 2 fully saturated rings. The Morgan fingerprint density at radius 2 is 1.81 bits per heavy atom. The van der Waals surface area contributed by atoms with Gasteiger partial charge >= 0.3 is 0 Å². The molecule has 0 unspecified atom stereocenters.